The molecular formula is C16H22ClN3O3S. The van der Waals surface area contributed by atoms with Gasteiger partial charge in [0.1, 0.15) is 0 Å². The number of halogens is 1. The topological polar surface area (TPSA) is 99.1 Å². The molecule has 2 N–H and O–H groups in total. The average molecular weight is 372 g/mol. The van der Waals surface area contributed by atoms with E-state index in [9.17, 15) is 8.42 Å². The average Bonchev–Trinajstić information content (AvgIpc) is 3.16. The molecule has 1 heterocycles. The van der Waals surface area contributed by atoms with Crippen molar-refractivity contribution in [3.63, 3.8) is 0 Å². The number of sulfone groups is 1. The van der Waals surface area contributed by atoms with E-state index in [1.807, 2.05) is 6.92 Å². The van der Waals surface area contributed by atoms with Gasteiger partial charge in [-0.05, 0) is 31.9 Å². The Morgan fingerprint density at radius 3 is 2.46 bits per heavy atom. The van der Waals surface area contributed by atoms with E-state index in [0.29, 0.717) is 16.6 Å². The van der Waals surface area contributed by atoms with Crippen molar-refractivity contribution in [2.45, 2.75) is 49.5 Å². The Labute approximate surface area is 148 Å². The highest BCUT2D eigenvalue weighted by Crippen LogP contribution is 2.34. The molecule has 1 aliphatic carbocycles. The fourth-order valence-corrected chi connectivity index (χ4v) is 4.10. The molecule has 132 valence electrons. The quantitative estimate of drug-likeness (QED) is 0.866. The van der Waals surface area contributed by atoms with Crippen LogP contribution in [-0.4, -0.2) is 24.3 Å². The zero-order valence-electron chi connectivity index (χ0n) is 13.6. The first kappa shape index (κ1) is 18.9. The van der Waals surface area contributed by atoms with Crippen molar-refractivity contribution in [3.8, 4) is 0 Å². The van der Waals surface area contributed by atoms with Crippen LogP contribution in [0.15, 0.2) is 33.7 Å². The maximum absolute atomic E-state index is 12.3. The summed E-state index contributed by atoms with van der Waals surface area (Å²) in [6.45, 7) is 1.92. The van der Waals surface area contributed by atoms with E-state index >= 15 is 0 Å². The van der Waals surface area contributed by atoms with Crippen LogP contribution in [0, 0.1) is 6.92 Å². The summed E-state index contributed by atoms with van der Waals surface area (Å²) in [5.41, 5.74) is 6.78. The van der Waals surface area contributed by atoms with Crippen LogP contribution >= 0.6 is 12.4 Å². The van der Waals surface area contributed by atoms with Crippen molar-refractivity contribution in [3.05, 3.63) is 41.5 Å². The van der Waals surface area contributed by atoms with Crippen molar-refractivity contribution in [2.24, 2.45) is 5.73 Å². The third kappa shape index (κ3) is 3.96. The summed E-state index contributed by atoms with van der Waals surface area (Å²) in [5.74, 6) is 0.764. The van der Waals surface area contributed by atoms with Crippen molar-refractivity contribution >= 4 is 22.2 Å². The Bertz CT molecular complexity index is 781. The summed E-state index contributed by atoms with van der Waals surface area (Å²) in [6, 6.07) is 6.82. The molecule has 0 radical (unpaired) electrons. The standard InChI is InChI=1S/C16H21N3O3S.ClH/c1-12-4-6-13(7-5-12)23(20,21)11-8-14-18-15(19-22-14)16(17)9-2-3-10-16;/h4-7H,2-3,8-11,17H2,1H3;1H. The molecule has 1 aromatic heterocycles. The maximum Gasteiger partial charge on any atom is 0.227 e. The second-order valence-corrected chi connectivity index (χ2v) is 8.37. The van der Waals surface area contributed by atoms with Gasteiger partial charge in [-0.15, -0.1) is 12.4 Å². The first-order valence-corrected chi connectivity index (χ1v) is 9.46. The molecule has 0 aliphatic heterocycles. The van der Waals surface area contributed by atoms with E-state index in [0.717, 1.165) is 31.2 Å². The number of hydrogen-bond acceptors (Lipinski definition) is 6. The van der Waals surface area contributed by atoms with Crippen molar-refractivity contribution in [1.82, 2.24) is 10.1 Å². The second kappa shape index (κ2) is 7.21. The highest BCUT2D eigenvalue weighted by Gasteiger charge is 2.36. The van der Waals surface area contributed by atoms with E-state index in [4.69, 9.17) is 10.3 Å². The van der Waals surface area contributed by atoms with Crippen LogP contribution in [0.5, 0.6) is 0 Å². The van der Waals surface area contributed by atoms with Gasteiger partial charge in [0.15, 0.2) is 15.7 Å². The monoisotopic (exact) mass is 371 g/mol. The fourth-order valence-electron chi connectivity index (χ4n) is 2.87. The number of hydrogen-bond donors (Lipinski definition) is 1. The van der Waals surface area contributed by atoms with Gasteiger partial charge in [0, 0.05) is 6.42 Å². The number of nitrogens with two attached hydrogens (primary N) is 1. The van der Waals surface area contributed by atoms with E-state index in [2.05, 4.69) is 10.1 Å². The normalized spacial score (nSPS) is 16.8. The van der Waals surface area contributed by atoms with Gasteiger partial charge in [0.05, 0.1) is 16.2 Å². The predicted octanol–water partition coefficient (Wildman–Crippen LogP) is 2.54. The lowest BCUT2D eigenvalue weighted by Gasteiger charge is -2.17. The fraction of sp³-hybridized carbons (Fsp3) is 0.500. The third-order valence-electron chi connectivity index (χ3n) is 4.37. The maximum atomic E-state index is 12.3. The summed E-state index contributed by atoms with van der Waals surface area (Å²) in [5, 5.41) is 3.95. The van der Waals surface area contributed by atoms with Gasteiger partial charge >= 0.3 is 0 Å². The van der Waals surface area contributed by atoms with Gasteiger partial charge in [-0.3, -0.25) is 0 Å². The molecule has 1 saturated carbocycles. The SMILES string of the molecule is Cc1ccc(S(=O)(=O)CCc2nc(C3(N)CCCC3)no2)cc1.Cl. The van der Waals surface area contributed by atoms with Crippen LogP contribution in [0.2, 0.25) is 0 Å². The van der Waals surface area contributed by atoms with E-state index in [1.165, 1.54) is 0 Å². The molecule has 0 amide bonds. The van der Waals surface area contributed by atoms with E-state index in [-0.39, 0.29) is 24.6 Å². The molecule has 6 nitrogen and oxygen atoms in total. The largest absolute Gasteiger partial charge is 0.339 e. The van der Waals surface area contributed by atoms with Crippen LogP contribution in [0.4, 0.5) is 0 Å². The predicted molar refractivity (Wildman–Crippen MR) is 92.8 cm³/mol. The molecule has 1 fully saturated rings. The molecule has 0 bridgehead atoms. The van der Waals surface area contributed by atoms with Gasteiger partial charge in [0.25, 0.3) is 0 Å². The van der Waals surface area contributed by atoms with Gasteiger partial charge in [-0.2, -0.15) is 4.98 Å². The van der Waals surface area contributed by atoms with Crippen LogP contribution in [0.3, 0.4) is 0 Å². The number of rotatable bonds is 5. The number of nitrogens with zero attached hydrogens (tertiary/aromatic N) is 2. The van der Waals surface area contributed by atoms with Crippen LogP contribution in [-0.2, 0) is 21.8 Å². The molecule has 8 heteroatoms. The third-order valence-corrected chi connectivity index (χ3v) is 6.11. The lowest BCUT2D eigenvalue weighted by atomic mass is 9.99. The first-order chi connectivity index (χ1) is 10.9. The smallest absolute Gasteiger partial charge is 0.227 e. The molecule has 0 saturated heterocycles. The lowest BCUT2D eigenvalue weighted by Crippen LogP contribution is -2.34. The summed E-state index contributed by atoms with van der Waals surface area (Å²) in [7, 11) is -3.36. The minimum atomic E-state index is -3.36. The molecule has 3 rings (SSSR count). The molecule has 0 atom stereocenters. The molecule has 1 aliphatic rings. The summed E-state index contributed by atoms with van der Waals surface area (Å²) < 4.78 is 29.8. The van der Waals surface area contributed by atoms with Crippen molar-refractivity contribution in [2.75, 3.05) is 5.75 Å². The Kier molecular flexibility index (Phi) is 5.67. The van der Waals surface area contributed by atoms with Crippen molar-refractivity contribution < 1.29 is 12.9 Å². The zero-order chi connectivity index (χ0) is 16.5. The Morgan fingerprint density at radius 1 is 1.21 bits per heavy atom. The van der Waals surface area contributed by atoms with E-state index in [1.54, 1.807) is 24.3 Å². The molecular weight excluding hydrogens is 350 g/mol. The van der Waals surface area contributed by atoms with Gasteiger partial charge in [-0.1, -0.05) is 35.7 Å². The van der Waals surface area contributed by atoms with Crippen molar-refractivity contribution in [1.29, 1.82) is 0 Å². The summed E-state index contributed by atoms with van der Waals surface area (Å²) in [4.78, 5) is 4.62. The first-order valence-electron chi connectivity index (χ1n) is 7.80. The van der Waals surface area contributed by atoms with E-state index < -0.39 is 15.4 Å². The molecule has 24 heavy (non-hydrogen) atoms. The Balaban J connectivity index is 0.00000208. The number of aryl methyl sites for hydroxylation is 2. The highest BCUT2D eigenvalue weighted by molar-refractivity contribution is 7.91. The lowest BCUT2D eigenvalue weighted by molar-refractivity contribution is 0.350. The Hall–Kier alpha value is -1.44. The Morgan fingerprint density at radius 2 is 1.83 bits per heavy atom. The van der Waals surface area contributed by atoms with Crippen LogP contribution < -0.4 is 5.73 Å². The molecule has 0 spiro atoms. The van der Waals surface area contributed by atoms with Gasteiger partial charge in [-0.25, -0.2) is 8.42 Å². The summed E-state index contributed by atoms with van der Waals surface area (Å²) >= 11 is 0. The minimum Gasteiger partial charge on any atom is -0.339 e. The zero-order valence-corrected chi connectivity index (χ0v) is 15.2. The molecule has 1 aromatic carbocycles. The second-order valence-electron chi connectivity index (χ2n) is 6.26. The minimum absolute atomic E-state index is 0. The molecule has 0 unspecified atom stereocenters. The highest BCUT2D eigenvalue weighted by atomic mass is 35.5. The number of benzene rings is 1. The van der Waals surface area contributed by atoms with Crippen LogP contribution in [0.25, 0.3) is 0 Å². The number of aromatic nitrogens is 2. The van der Waals surface area contributed by atoms with Crippen LogP contribution in [0.1, 0.15) is 43.0 Å². The van der Waals surface area contributed by atoms with Gasteiger partial charge < -0.3 is 10.3 Å². The molecule has 2 aromatic rings. The van der Waals surface area contributed by atoms with Gasteiger partial charge in [0.2, 0.25) is 5.89 Å². The summed E-state index contributed by atoms with van der Waals surface area (Å²) in [6.07, 6.45) is 3.99.